The first-order valence-corrected chi connectivity index (χ1v) is 9.37. The Balaban J connectivity index is 1.70. The molecule has 0 unspecified atom stereocenters. The summed E-state index contributed by atoms with van der Waals surface area (Å²) in [5, 5.41) is 12.4. The first-order chi connectivity index (χ1) is 12.2. The summed E-state index contributed by atoms with van der Waals surface area (Å²) in [5.41, 5.74) is -0.643. The van der Waals surface area contributed by atoms with Gasteiger partial charge in [-0.2, -0.15) is 0 Å². The summed E-state index contributed by atoms with van der Waals surface area (Å²) < 4.78 is 22.9. The van der Waals surface area contributed by atoms with E-state index in [1.54, 1.807) is 20.8 Å². The van der Waals surface area contributed by atoms with Crippen molar-refractivity contribution < 1.29 is 33.6 Å². The van der Waals surface area contributed by atoms with Crippen LogP contribution in [-0.2, 0) is 23.7 Å². The molecule has 8 heteroatoms. The molecule has 0 radical (unpaired) electrons. The molecular weight excluding hydrogens is 342 g/mol. The van der Waals surface area contributed by atoms with E-state index < -0.39 is 47.8 Å². The fourth-order valence-corrected chi connectivity index (χ4v) is 3.91. The second-order valence-corrected chi connectivity index (χ2v) is 8.30. The number of nitrogens with one attached hydrogen (secondary N) is 1. The molecule has 26 heavy (non-hydrogen) atoms. The second kappa shape index (κ2) is 7.32. The van der Waals surface area contributed by atoms with Gasteiger partial charge in [0.25, 0.3) is 0 Å². The highest BCUT2D eigenvalue weighted by molar-refractivity contribution is 5.75. The lowest BCUT2D eigenvalue weighted by Gasteiger charge is -2.32. The molecule has 148 valence electrons. The molecule has 1 saturated carbocycles. The van der Waals surface area contributed by atoms with Gasteiger partial charge in [0.15, 0.2) is 11.9 Å². The van der Waals surface area contributed by atoms with Crippen molar-refractivity contribution in [3.63, 3.8) is 0 Å². The average Bonchev–Trinajstić information content (AvgIpc) is 3.06. The van der Waals surface area contributed by atoms with Gasteiger partial charge in [0.1, 0.15) is 17.8 Å². The summed E-state index contributed by atoms with van der Waals surface area (Å²) >= 11 is 0. The van der Waals surface area contributed by atoms with Gasteiger partial charge in [-0.3, -0.25) is 4.79 Å². The van der Waals surface area contributed by atoms with Gasteiger partial charge in [0.2, 0.25) is 0 Å². The lowest BCUT2D eigenvalue weighted by atomic mass is 9.94. The van der Waals surface area contributed by atoms with Gasteiger partial charge in [-0.05, 0) is 33.6 Å². The maximum atomic E-state index is 12.1. The molecule has 3 aliphatic rings. The molecule has 1 amide bonds. The third-order valence-corrected chi connectivity index (χ3v) is 4.96. The molecule has 3 fully saturated rings. The van der Waals surface area contributed by atoms with Gasteiger partial charge in [0, 0.05) is 12.8 Å². The Morgan fingerprint density at radius 3 is 2.54 bits per heavy atom. The van der Waals surface area contributed by atoms with Crippen molar-refractivity contribution in [2.45, 2.75) is 95.0 Å². The largest absolute Gasteiger partial charge is 0.457 e. The molecule has 4 atom stereocenters. The number of alkyl carbamates (subject to hydrolysis) is 1. The number of hydrogen-bond acceptors (Lipinski definition) is 7. The Bertz CT molecular complexity index is 538. The van der Waals surface area contributed by atoms with Crippen LogP contribution in [0.4, 0.5) is 4.79 Å². The van der Waals surface area contributed by atoms with E-state index in [-0.39, 0.29) is 13.0 Å². The molecule has 0 aromatic heterocycles. The normalized spacial score (nSPS) is 33.9. The van der Waals surface area contributed by atoms with E-state index in [2.05, 4.69) is 5.32 Å². The summed E-state index contributed by atoms with van der Waals surface area (Å²) in [6, 6.07) is -0.584. The van der Waals surface area contributed by atoms with E-state index in [0.717, 1.165) is 32.1 Å². The molecule has 0 bridgehead atoms. The van der Waals surface area contributed by atoms with Crippen molar-refractivity contribution in [3.8, 4) is 0 Å². The van der Waals surface area contributed by atoms with Gasteiger partial charge in [-0.15, -0.1) is 0 Å². The van der Waals surface area contributed by atoms with Crippen LogP contribution in [-0.4, -0.2) is 59.5 Å². The van der Waals surface area contributed by atoms with Crippen molar-refractivity contribution in [3.05, 3.63) is 0 Å². The second-order valence-electron chi connectivity index (χ2n) is 8.30. The van der Waals surface area contributed by atoms with Gasteiger partial charge in [-0.25, -0.2) is 4.79 Å². The Labute approximate surface area is 153 Å². The standard InChI is InChI=1S/C18H29NO7/c1-17(2,3)26-16(22)19-11-9-13(21)23-14(11)15-12(10-20)24-18(25-15)7-5-4-6-8-18/h11-12,14-15,20H,4-10H2,1-3H3,(H,19,22)/t11-,12+,14+,15-/m1/s1. The van der Waals surface area contributed by atoms with Crippen LogP contribution in [0.25, 0.3) is 0 Å². The van der Waals surface area contributed by atoms with Crippen LogP contribution in [0.2, 0.25) is 0 Å². The summed E-state index contributed by atoms with van der Waals surface area (Å²) in [4.78, 5) is 24.0. The van der Waals surface area contributed by atoms with Gasteiger partial charge in [0.05, 0.1) is 19.1 Å². The van der Waals surface area contributed by atoms with Crippen LogP contribution in [0.3, 0.4) is 0 Å². The fourth-order valence-electron chi connectivity index (χ4n) is 3.91. The highest BCUT2D eigenvalue weighted by atomic mass is 16.8. The number of esters is 1. The predicted molar refractivity (Wildman–Crippen MR) is 90.3 cm³/mol. The molecule has 0 aromatic rings. The number of ether oxygens (including phenoxy) is 4. The highest BCUT2D eigenvalue weighted by Gasteiger charge is 2.55. The maximum Gasteiger partial charge on any atom is 0.408 e. The summed E-state index contributed by atoms with van der Waals surface area (Å²) in [7, 11) is 0. The molecule has 0 aromatic carbocycles. The van der Waals surface area contributed by atoms with Crippen LogP contribution >= 0.6 is 0 Å². The average molecular weight is 371 g/mol. The highest BCUT2D eigenvalue weighted by Crippen LogP contribution is 2.43. The summed E-state index contributed by atoms with van der Waals surface area (Å²) in [6.45, 7) is 5.06. The van der Waals surface area contributed by atoms with Gasteiger partial charge in [-0.1, -0.05) is 6.42 Å². The Hall–Kier alpha value is -1.38. The molecule has 2 saturated heterocycles. The Morgan fingerprint density at radius 2 is 1.92 bits per heavy atom. The minimum atomic E-state index is -0.720. The summed E-state index contributed by atoms with van der Waals surface area (Å²) in [5.74, 6) is -1.14. The van der Waals surface area contributed by atoms with Crippen molar-refractivity contribution in [2.75, 3.05) is 6.61 Å². The van der Waals surface area contributed by atoms with Crippen LogP contribution < -0.4 is 5.32 Å². The zero-order valence-corrected chi connectivity index (χ0v) is 15.7. The quantitative estimate of drug-likeness (QED) is 0.727. The lowest BCUT2D eigenvalue weighted by Crippen LogP contribution is -2.50. The van der Waals surface area contributed by atoms with Crippen molar-refractivity contribution in [1.82, 2.24) is 5.32 Å². The topological polar surface area (TPSA) is 103 Å². The molecule has 1 spiro atoms. The van der Waals surface area contributed by atoms with Crippen LogP contribution in [0, 0.1) is 0 Å². The minimum Gasteiger partial charge on any atom is -0.457 e. The Morgan fingerprint density at radius 1 is 1.23 bits per heavy atom. The molecule has 2 heterocycles. The van der Waals surface area contributed by atoms with E-state index in [1.807, 2.05) is 0 Å². The van der Waals surface area contributed by atoms with Crippen LogP contribution in [0.15, 0.2) is 0 Å². The first-order valence-electron chi connectivity index (χ1n) is 9.37. The SMILES string of the molecule is CC(C)(C)OC(=O)N[C@@H]1CC(=O)O[C@@H]1[C@@H]1OC2(CCCCC2)O[C@H]1CO. The van der Waals surface area contributed by atoms with Gasteiger partial charge >= 0.3 is 12.1 Å². The first kappa shape index (κ1) is 19.4. The maximum absolute atomic E-state index is 12.1. The molecule has 3 rings (SSSR count). The zero-order chi connectivity index (χ0) is 18.9. The minimum absolute atomic E-state index is 0.0366. The van der Waals surface area contributed by atoms with Crippen molar-refractivity contribution in [2.24, 2.45) is 0 Å². The van der Waals surface area contributed by atoms with Crippen LogP contribution in [0.5, 0.6) is 0 Å². The summed E-state index contributed by atoms with van der Waals surface area (Å²) in [6.07, 6.45) is 2.13. The number of rotatable bonds is 3. The molecule has 2 aliphatic heterocycles. The Kier molecular flexibility index (Phi) is 5.46. The predicted octanol–water partition coefficient (Wildman–Crippen LogP) is 1.63. The number of cyclic esters (lactones) is 1. The van der Waals surface area contributed by atoms with E-state index in [1.165, 1.54) is 0 Å². The smallest absolute Gasteiger partial charge is 0.408 e. The van der Waals surface area contributed by atoms with E-state index >= 15 is 0 Å². The molecule has 1 aliphatic carbocycles. The number of aliphatic hydroxyl groups excluding tert-OH is 1. The molecule has 2 N–H and O–H groups in total. The fraction of sp³-hybridized carbons (Fsp3) is 0.889. The lowest BCUT2D eigenvalue weighted by molar-refractivity contribution is -0.203. The number of hydrogen-bond donors (Lipinski definition) is 2. The third-order valence-electron chi connectivity index (χ3n) is 4.96. The number of carbonyl (C=O) groups excluding carboxylic acids is 2. The van der Waals surface area contributed by atoms with Crippen LogP contribution in [0.1, 0.15) is 59.3 Å². The number of amides is 1. The zero-order valence-electron chi connectivity index (χ0n) is 15.7. The van der Waals surface area contributed by atoms with Crippen molar-refractivity contribution in [1.29, 1.82) is 0 Å². The molecule has 8 nitrogen and oxygen atoms in total. The monoisotopic (exact) mass is 371 g/mol. The molecular formula is C18H29NO7. The van der Waals surface area contributed by atoms with Gasteiger partial charge < -0.3 is 29.4 Å². The number of aliphatic hydroxyl groups is 1. The number of carbonyl (C=O) groups is 2. The van der Waals surface area contributed by atoms with E-state index in [0.29, 0.717) is 0 Å². The van der Waals surface area contributed by atoms with Crippen molar-refractivity contribution >= 4 is 12.1 Å². The van der Waals surface area contributed by atoms with E-state index in [9.17, 15) is 14.7 Å². The third kappa shape index (κ3) is 4.29. The van der Waals surface area contributed by atoms with E-state index in [4.69, 9.17) is 18.9 Å².